The van der Waals surface area contributed by atoms with Crippen LogP contribution in [0.25, 0.3) is 0 Å². The van der Waals surface area contributed by atoms with Crippen molar-refractivity contribution in [2.24, 2.45) is 0 Å². The molecule has 2 aromatic rings. The van der Waals surface area contributed by atoms with E-state index in [2.05, 4.69) is 33.9 Å². The second-order valence-electron chi connectivity index (χ2n) is 5.08. The molecule has 0 bridgehead atoms. The zero-order chi connectivity index (χ0) is 14.5. The van der Waals surface area contributed by atoms with Crippen molar-refractivity contribution in [3.8, 4) is 0 Å². The van der Waals surface area contributed by atoms with Gasteiger partial charge in [-0.15, -0.1) is 0 Å². The maximum Gasteiger partial charge on any atom is 0.132 e. The Labute approximate surface area is 120 Å². The highest BCUT2D eigenvalue weighted by Crippen LogP contribution is 2.17. The molecule has 0 fully saturated rings. The highest BCUT2D eigenvalue weighted by atomic mass is 15.2. The van der Waals surface area contributed by atoms with Crippen LogP contribution in [0.2, 0.25) is 0 Å². The molecule has 2 rings (SSSR count). The van der Waals surface area contributed by atoms with Crippen molar-refractivity contribution >= 4 is 11.5 Å². The van der Waals surface area contributed by atoms with Crippen LogP contribution >= 0.6 is 0 Å². The molecule has 4 nitrogen and oxygen atoms in total. The highest BCUT2D eigenvalue weighted by Gasteiger charge is 2.09. The van der Waals surface area contributed by atoms with Gasteiger partial charge < -0.3 is 10.6 Å². The molecule has 1 heterocycles. The fraction of sp³-hybridized carbons (Fsp3) is 0.375. The van der Waals surface area contributed by atoms with Crippen LogP contribution in [-0.2, 0) is 6.54 Å². The molecule has 2 N–H and O–H groups in total. The number of nitrogens with zero attached hydrogens (tertiary/aromatic N) is 3. The Morgan fingerprint density at radius 1 is 1.10 bits per heavy atom. The number of hydrogen-bond donors (Lipinski definition) is 1. The van der Waals surface area contributed by atoms with Crippen LogP contribution in [0.5, 0.6) is 0 Å². The van der Waals surface area contributed by atoms with Gasteiger partial charge in [0.15, 0.2) is 0 Å². The molecule has 20 heavy (non-hydrogen) atoms. The van der Waals surface area contributed by atoms with Crippen molar-refractivity contribution in [2.75, 3.05) is 17.2 Å². The molecule has 4 heteroatoms. The van der Waals surface area contributed by atoms with Gasteiger partial charge in [0.05, 0.1) is 0 Å². The van der Waals surface area contributed by atoms with Gasteiger partial charge in [-0.05, 0) is 38.0 Å². The summed E-state index contributed by atoms with van der Waals surface area (Å²) in [4.78, 5) is 11.2. The number of anilines is 2. The Morgan fingerprint density at radius 3 is 2.40 bits per heavy atom. The molecule has 0 aliphatic carbocycles. The number of hydrogen-bond acceptors (Lipinski definition) is 4. The van der Waals surface area contributed by atoms with Crippen molar-refractivity contribution in [2.45, 2.75) is 33.7 Å². The summed E-state index contributed by atoms with van der Waals surface area (Å²) >= 11 is 0. The molecule has 0 atom stereocenters. The lowest BCUT2D eigenvalue weighted by Crippen LogP contribution is -2.25. The molecule has 0 amide bonds. The first-order valence-electron chi connectivity index (χ1n) is 7.00. The van der Waals surface area contributed by atoms with Gasteiger partial charge in [-0.1, -0.05) is 19.1 Å². The summed E-state index contributed by atoms with van der Waals surface area (Å²) < 4.78 is 0. The van der Waals surface area contributed by atoms with Crippen LogP contribution in [0.1, 0.15) is 30.4 Å². The topological polar surface area (TPSA) is 55.0 Å². The van der Waals surface area contributed by atoms with Crippen molar-refractivity contribution in [3.05, 3.63) is 47.4 Å². The first kappa shape index (κ1) is 14.3. The number of aryl methyl sites for hydroxylation is 2. The number of benzene rings is 1. The molecular weight excluding hydrogens is 248 g/mol. The summed E-state index contributed by atoms with van der Waals surface area (Å²) in [5.74, 6) is 1.81. The molecule has 1 aromatic heterocycles. The van der Waals surface area contributed by atoms with E-state index in [1.54, 1.807) is 0 Å². The van der Waals surface area contributed by atoms with Crippen LogP contribution in [0.3, 0.4) is 0 Å². The number of rotatable bonds is 5. The highest BCUT2D eigenvalue weighted by molar-refractivity contribution is 5.43. The van der Waals surface area contributed by atoms with Crippen molar-refractivity contribution in [1.82, 2.24) is 9.97 Å². The van der Waals surface area contributed by atoms with Gasteiger partial charge in [0.2, 0.25) is 0 Å². The van der Waals surface area contributed by atoms with Crippen LogP contribution in [0.15, 0.2) is 30.3 Å². The number of nitrogen functional groups attached to an aromatic ring is 1. The van der Waals surface area contributed by atoms with Gasteiger partial charge in [-0.3, -0.25) is 0 Å². The minimum absolute atomic E-state index is 0.796. The van der Waals surface area contributed by atoms with Crippen LogP contribution in [0, 0.1) is 13.8 Å². The van der Waals surface area contributed by atoms with Gasteiger partial charge in [0.1, 0.15) is 11.6 Å². The maximum atomic E-state index is 5.73. The Hall–Kier alpha value is -2.10. The summed E-state index contributed by atoms with van der Waals surface area (Å²) in [5, 5.41) is 0. The van der Waals surface area contributed by atoms with Crippen molar-refractivity contribution in [1.29, 1.82) is 0 Å². The van der Waals surface area contributed by atoms with E-state index < -0.39 is 0 Å². The average Bonchev–Trinajstić information content (AvgIpc) is 2.39. The first-order chi connectivity index (χ1) is 9.58. The van der Waals surface area contributed by atoms with Crippen molar-refractivity contribution in [3.63, 3.8) is 0 Å². The van der Waals surface area contributed by atoms with E-state index >= 15 is 0 Å². The minimum atomic E-state index is 0.796. The van der Waals surface area contributed by atoms with E-state index in [1.807, 2.05) is 32.0 Å². The lowest BCUT2D eigenvalue weighted by atomic mass is 10.2. The third kappa shape index (κ3) is 3.70. The second-order valence-corrected chi connectivity index (χ2v) is 5.08. The molecule has 0 saturated heterocycles. The molecule has 1 aromatic carbocycles. The molecular formula is C16H22N4. The van der Waals surface area contributed by atoms with Gasteiger partial charge in [0.25, 0.3) is 0 Å². The Bertz CT molecular complexity index is 543. The van der Waals surface area contributed by atoms with Crippen LogP contribution in [0.4, 0.5) is 11.5 Å². The SMILES string of the molecule is CCCN(Cc1ccc(N)cc1)c1cc(C)nc(C)n1. The largest absolute Gasteiger partial charge is 0.399 e. The second kappa shape index (κ2) is 6.37. The smallest absolute Gasteiger partial charge is 0.132 e. The lowest BCUT2D eigenvalue weighted by molar-refractivity contribution is 0.748. The Balaban J connectivity index is 2.23. The third-order valence-corrected chi connectivity index (χ3v) is 3.12. The summed E-state index contributed by atoms with van der Waals surface area (Å²) in [6.45, 7) is 7.93. The lowest BCUT2D eigenvalue weighted by Gasteiger charge is -2.24. The summed E-state index contributed by atoms with van der Waals surface area (Å²) in [6, 6.07) is 10.1. The van der Waals surface area contributed by atoms with Gasteiger partial charge in [-0.25, -0.2) is 9.97 Å². The normalized spacial score (nSPS) is 10.6. The number of nitrogens with two attached hydrogens (primary N) is 1. The summed E-state index contributed by atoms with van der Waals surface area (Å²) in [7, 11) is 0. The molecule has 0 unspecified atom stereocenters. The minimum Gasteiger partial charge on any atom is -0.399 e. The van der Waals surface area contributed by atoms with Crippen molar-refractivity contribution < 1.29 is 0 Å². The molecule has 106 valence electrons. The predicted molar refractivity (Wildman–Crippen MR) is 83.7 cm³/mol. The standard InChI is InChI=1S/C16H22N4/c1-4-9-20(11-14-5-7-15(17)8-6-14)16-10-12(2)18-13(3)19-16/h5-8,10H,4,9,11,17H2,1-3H3. The molecule has 0 radical (unpaired) electrons. The summed E-state index contributed by atoms with van der Waals surface area (Å²) in [6.07, 6.45) is 1.08. The molecule has 0 aliphatic heterocycles. The Morgan fingerprint density at radius 2 is 1.80 bits per heavy atom. The van der Waals surface area contributed by atoms with Gasteiger partial charge in [-0.2, -0.15) is 0 Å². The van der Waals surface area contributed by atoms with Crippen LogP contribution < -0.4 is 10.6 Å². The predicted octanol–water partition coefficient (Wildman–Crippen LogP) is 3.09. The van der Waals surface area contributed by atoms with E-state index in [1.165, 1.54) is 5.56 Å². The van der Waals surface area contributed by atoms with E-state index in [-0.39, 0.29) is 0 Å². The first-order valence-corrected chi connectivity index (χ1v) is 7.00. The fourth-order valence-electron chi connectivity index (χ4n) is 2.25. The molecule has 0 aliphatic rings. The quantitative estimate of drug-likeness (QED) is 0.848. The van der Waals surface area contributed by atoms with Crippen LogP contribution in [-0.4, -0.2) is 16.5 Å². The van der Waals surface area contributed by atoms with E-state index in [4.69, 9.17) is 5.73 Å². The van der Waals surface area contributed by atoms with E-state index in [0.29, 0.717) is 0 Å². The summed E-state index contributed by atoms with van der Waals surface area (Å²) in [5.41, 5.74) is 8.77. The zero-order valence-electron chi connectivity index (χ0n) is 12.4. The van der Waals surface area contributed by atoms with E-state index in [9.17, 15) is 0 Å². The van der Waals surface area contributed by atoms with E-state index in [0.717, 1.165) is 42.5 Å². The van der Waals surface area contributed by atoms with Gasteiger partial charge >= 0.3 is 0 Å². The molecule has 0 spiro atoms. The maximum absolute atomic E-state index is 5.73. The van der Waals surface area contributed by atoms with Gasteiger partial charge in [0, 0.05) is 30.5 Å². The Kier molecular flexibility index (Phi) is 4.56. The zero-order valence-corrected chi connectivity index (χ0v) is 12.4. The fourth-order valence-corrected chi connectivity index (χ4v) is 2.25. The average molecular weight is 270 g/mol. The monoisotopic (exact) mass is 270 g/mol. The molecule has 0 saturated carbocycles. The number of aromatic nitrogens is 2. The third-order valence-electron chi connectivity index (χ3n) is 3.12.